The fraction of sp³-hybridized carbons (Fsp3) is 0.435. The summed E-state index contributed by atoms with van der Waals surface area (Å²) in [5.41, 5.74) is 1.09. The summed E-state index contributed by atoms with van der Waals surface area (Å²) in [6, 6.07) is 14.2. The van der Waals surface area contributed by atoms with Gasteiger partial charge in [0.2, 0.25) is 15.9 Å². The summed E-state index contributed by atoms with van der Waals surface area (Å²) in [4.78, 5) is 14.6. The third-order valence-electron chi connectivity index (χ3n) is 5.58. The molecule has 0 saturated carbocycles. The Morgan fingerprint density at radius 2 is 1.47 bits per heavy atom. The highest BCUT2D eigenvalue weighted by molar-refractivity contribution is 7.89. The molecular weight excluding hydrogens is 430 g/mol. The third kappa shape index (κ3) is 6.44. The van der Waals surface area contributed by atoms with Gasteiger partial charge in [-0.1, -0.05) is 12.1 Å². The standard InChI is InChI=1S/C23H31N3O5S/c1-30-20-6-3-19(4-7-20)5-12-23(27)24-13-14-25-15-17-26(18-16-25)32(28,29)22-10-8-21(31-2)9-11-22/h3-4,6-11H,5,12-18H2,1-2H3,(H,24,27). The maximum absolute atomic E-state index is 12.8. The number of carbonyl (C=O) groups excluding carboxylic acids is 1. The molecule has 0 radical (unpaired) electrons. The Hall–Kier alpha value is -2.62. The van der Waals surface area contributed by atoms with Gasteiger partial charge in [-0.15, -0.1) is 0 Å². The normalized spacial score (nSPS) is 15.3. The molecule has 2 aromatic rings. The van der Waals surface area contributed by atoms with E-state index in [1.54, 1.807) is 38.5 Å². The van der Waals surface area contributed by atoms with Gasteiger partial charge in [0.05, 0.1) is 19.1 Å². The number of nitrogens with one attached hydrogen (secondary N) is 1. The number of piperazine rings is 1. The minimum Gasteiger partial charge on any atom is -0.497 e. The van der Waals surface area contributed by atoms with Crippen LogP contribution in [0.1, 0.15) is 12.0 Å². The summed E-state index contributed by atoms with van der Waals surface area (Å²) in [6.07, 6.45) is 1.11. The van der Waals surface area contributed by atoms with Gasteiger partial charge in [-0.2, -0.15) is 4.31 Å². The van der Waals surface area contributed by atoms with Crippen molar-refractivity contribution in [2.24, 2.45) is 0 Å². The molecule has 9 heteroatoms. The molecule has 0 atom stereocenters. The van der Waals surface area contributed by atoms with E-state index in [1.807, 2.05) is 24.3 Å². The number of sulfonamides is 1. The first-order chi connectivity index (χ1) is 15.4. The topological polar surface area (TPSA) is 88.2 Å². The molecule has 0 spiro atoms. The third-order valence-corrected chi connectivity index (χ3v) is 7.49. The van der Waals surface area contributed by atoms with Crippen LogP contribution in [0.15, 0.2) is 53.4 Å². The van der Waals surface area contributed by atoms with Crippen LogP contribution in [0.2, 0.25) is 0 Å². The number of nitrogens with zero attached hydrogens (tertiary/aromatic N) is 2. The maximum Gasteiger partial charge on any atom is 0.243 e. The second-order valence-electron chi connectivity index (χ2n) is 7.62. The number of aryl methyl sites for hydroxylation is 1. The van der Waals surface area contributed by atoms with Crippen LogP contribution in [0.4, 0.5) is 0 Å². The zero-order chi connectivity index (χ0) is 23.0. The summed E-state index contributed by atoms with van der Waals surface area (Å²) in [5, 5.41) is 2.95. The Labute approximate surface area is 190 Å². The van der Waals surface area contributed by atoms with E-state index in [9.17, 15) is 13.2 Å². The smallest absolute Gasteiger partial charge is 0.243 e. The van der Waals surface area contributed by atoms with Crippen LogP contribution in [0, 0.1) is 0 Å². The van der Waals surface area contributed by atoms with Crippen molar-refractivity contribution >= 4 is 15.9 Å². The molecular formula is C23H31N3O5S. The van der Waals surface area contributed by atoms with Crippen molar-refractivity contribution in [3.63, 3.8) is 0 Å². The highest BCUT2D eigenvalue weighted by Crippen LogP contribution is 2.20. The van der Waals surface area contributed by atoms with Crippen LogP contribution in [0.25, 0.3) is 0 Å². The lowest BCUT2D eigenvalue weighted by Crippen LogP contribution is -2.50. The van der Waals surface area contributed by atoms with Crippen LogP contribution in [-0.2, 0) is 21.2 Å². The molecule has 1 heterocycles. The Morgan fingerprint density at radius 3 is 2.03 bits per heavy atom. The molecule has 8 nitrogen and oxygen atoms in total. The van der Waals surface area contributed by atoms with Crippen LogP contribution in [0.3, 0.4) is 0 Å². The van der Waals surface area contributed by atoms with E-state index in [1.165, 1.54) is 4.31 Å². The molecule has 1 N–H and O–H groups in total. The van der Waals surface area contributed by atoms with Gasteiger partial charge in [0.15, 0.2) is 0 Å². The summed E-state index contributed by atoms with van der Waals surface area (Å²) in [6.45, 7) is 3.38. The molecule has 0 aliphatic carbocycles. The van der Waals surface area contributed by atoms with Gasteiger partial charge in [0.1, 0.15) is 11.5 Å². The Kier molecular flexibility index (Phi) is 8.49. The Balaban J connectivity index is 1.36. The molecule has 1 amide bonds. The fourth-order valence-electron chi connectivity index (χ4n) is 3.58. The zero-order valence-corrected chi connectivity index (χ0v) is 19.4. The second kappa shape index (κ2) is 11.3. The Bertz CT molecular complexity index is 970. The molecule has 1 saturated heterocycles. The van der Waals surface area contributed by atoms with Crippen molar-refractivity contribution in [3.8, 4) is 11.5 Å². The second-order valence-corrected chi connectivity index (χ2v) is 9.56. The largest absolute Gasteiger partial charge is 0.497 e. The molecule has 32 heavy (non-hydrogen) atoms. The Morgan fingerprint density at radius 1 is 0.906 bits per heavy atom. The highest BCUT2D eigenvalue weighted by atomic mass is 32.2. The van der Waals surface area contributed by atoms with Crippen molar-refractivity contribution in [2.75, 3.05) is 53.5 Å². The lowest BCUT2D eigenvalue weighted by Gasteiger charge is -2.34. The van der Waals surface area contributed by atoms with Crippen LogP contribution >= 0.6 is 0 Å². The monoisotopic (exact) mass is 461 g/mol. The molecule has 1 aliphatic heterocycles. The first kappa shape index (κ1) is 24.0. The maximum atomic E-state index is 12.8. The molecule has 174 valence electrons. The van der Waals surface area contributed by atoms with Crippen molar-refractivity contribution in [3.05, 3.63) is 54.1 Å². The fourth-order valence-corrected chi connectivity index (χ4v) is 5.00. The van der Waals surface area contributed by atoms with E-state index in [-0.39, 0.29) is 10.8 Å². The van der Waals surface area contributed by atoms with Gasteiger partial charge < -0.3 is 14.8 Å². The number of ether oxygens (including phenoxy) is 2. The van der Waals surface area contributed by atoms with Gasteiger partial charge in [-0.05, 0) is 48.4 Å². The molecule has 2 aromatic carbocycles. The molecule has 0 aromatic heterocycles. The summed E-state index contributed by atoms with van der Waals surface area (Å²) in [5.74, 6) is 1.44. The molecule has 0 unspecified atom stereocenters. The number of carbonyl (C=O) groups is 1. The number of methoxy groups -OCH3 is 2. The van der Waals surface area contributed by atoms with Gasteiger partial charge in [-0.3, -0.25) is 9.69 Å². The summed E-state index contributed by atoms with van der Waals surface area (Å²) >= 11 is 0. The van der Waals surface area contributed by atoms with E-state index in [2.05, 4.69) is 10.2 Å². The minimum atomic E-state index is -3.51. The highest BCUT2D eigenvalue weighted by Gasteiger charge is 2.28. The predicted molar refractivity (Wildman–Crippen MR) is 123 cm³/mol. The summed E-state index contributed by atoms with van der Waals surface area (Å²) < 4.78 is 37.4. The van der Waals surface area contributed by atoms with Crippen molar-refractivity contribution in [1.82, 2.24) is 14.5 Å². The van der Waals surface area contributed by atoms with E-state index >= 15 is 0 Å². The van der Waals surface area contributed by atoms with Gasteiger partial charge in [0, 0.05) is 45.7 Å². The number of rotatable bonds is 10. The number of amides is 1. The lowest BCUT2D eigenvalue weighted by molar-refractivity contribution is -0.121. The van der Waals surface area contributed by atoms with Gasteiger partial charge in [-0.25, -0.2) is 8.42 Å². The van der Waals surface area contributed by atoms with Gasteiger partial charge >= 0.3 is 0 Å². The zero-order valence-electron chi connectivity index (χ0n) is 18.6. The average molecular weight is 462 g/mol. The molecule has 1 fully saturated rings. The molecule has 3 rings (SSSR count). The lowest BCUT2D eigenvalue weighted by atomic mass is 10.1. The van der Waals surface area contributed by atoms with E-state index in [0.717, 1.165) is 11.3 Å². The van der Waals surface area contributed by atoms with Crippen molar-refractivity contribution < 1.29 is 22.7 Å². The minimum absolute atomic E-state index is 0.0153. The number of hydrogen-bond donors (Lipinski definition) is 1. The molecule has 0 bridgehead atoms. The summed E-state index contributed by atoms with van der Waals surface area (Å²) in [7, 11) is -0.334. The quantitative estimate of drug-likeness (QED) is 0.580. The van der Waals surface area contributed by atoms with E-state index in [4.69, 9.17) is 9.47 Å². The van der Waals surface area contributed by atoms with Crippen molar-refractivity contribution in [1.29, 1.82) is 0 Å². The predicted octanol–water partition coefficient (Wildman–Crippen LogP) is 1.76. The van der Waals surface area contributed by atoms with Crippen LogP contribution in [-0.4, -0.2) is 77.0 Å². The number of hydrogen-bond acceptors (Lipinski definition) is 6. The van der Waals surface area contributed by atoms with Gasteiger partial charge in [0.25, 0.3) is 0 Å². The first-order valence-electron chi connectivity index (χ1n) is 10.7. The number of benzene rings is 2. The average Bonchev–Trinajstić information content (AvgIpc) is 2.83. The first-order valence-corrected chi connectivity index (χ1v) is 12.1. The van der Waals surface area contributed by atoms with Crippen LogP contribution in [0.5, 0.6) is 11.5 Å². The van der Waals surface area contributed by atoms with E-state index in [0.29, 0.717) is 57.9 Å². The SMILES string of the molecule is COc1ccc(CCC(=O)NCCN2CCN(S(=O)(=O)c3ccc(OC)cc3)CC2)cc1. The molecule has 1 aliphatic rings. The van der Waals surface area contributed by atoms with Crippen LogP contribution < -0.4 is 14.8 Å². The van der Waals surface area contributed by atoms with Crippen molar-refractivity contribution in [2.45, 2.75) is 17.7 Å². The van der Waals surface area contributed by atoms with E-state index < -0.39 is 10.0 Å².